The molecule has 3 aliphatic rings. The molecule has 2 bridgehead atoms. The minimum atomic E-state index is -0.578. The molecule has 7 nitrogen and oxygen atoms in total. The van der Waals surface area contributed by atoms with E-state index in [4.69, 9.17) is 37.4 Å². The second kappa shape index (κ2) is 8.98. The van der Waals surface area contributed by atoms with Gasteiger partial charge in [0.2, 0.25) is 5.91 Å². The number of methoxy groups -OCH3 is 3. The van der Waals surface area contributed by atoms with Crippen molar-refractivity contribution in [1.29, 1.82) is 0 Å². The van der Waals surface area contributed by atoms with Gasteiger partial charge in [0.25, 0.3) is 0 Å². The minimum Gasteiger partial charge on any atom is -0.496 e. The fourth-order valence-corrected chi connectivity index (χ4v) is 7.57. The molecular formula is C27H32Cl2N2O5. The van der Waals surface area contributed by atoms with E-state index in [1.807, 2.05) is 32.7 Å². The number of amides is 1. The first-order valence-corrected chi connectivity index (χ1v) is 12.8. The Bertz CT molecular complexity index is 1280. The van der Waals surface area contributed by atoms with Crippen LogP contribution in [0.3, 0.4) is 0 Å². The number of carbonyl (C=O) groups is 1. The third kappa shape index (κ3) is 3.16. The topological polar surface area (TPSA) is 71.5 Å². The van der Waals surface area contributed by atoms with E-state index in [9.17, 15) is 9.90 Å². The summed E-state index contributed by atoms with van der Waals surface area (Å²) < 4.78 is 17.4. The summed E-state index contributed by atoms with van der Waals surface area (Å²) >= 11 is 14.0. The van der Waals surface area contributed by atoms with E-state index >= 15 is 0 Å². The number of fused-ring (bicyclic) bond motifs is 7. The van der Waals surface area contributed by atoms with Gasteiger partial charge >= 0.3 is 0 Å². The predicted octanol–water partition coefficient (Wildman–Crippen LogP) is 4.34. The molecule has 9 heteroatoms. The number of aliphatic hydroxyl groups excluding tert-OH is 1. The summed E-state index contributed by atoms with van der Waals surface area (Å²) in [6, 6.07) is -1.54. The SMILES string of the molecule is COc1c(C)c(OC)c2c(c1Cl)[C@@H]1[C@@H]3Cc4c(Cl)c(C)c(C)c(OC)c4[C@H](CO)N3C(=O)[C@@H](C2)N1C. The van der Waals surface area contributed by atoms with E-state index in [0.29, 0.717) is 40.1 Å². The van der Waals surface area contributed by atoms with Crippen LogP contribution in [0, 0.1) is 20.8 Å². The Morgan fingerprint density at radius 1 is 0.861 bits per heavy atom. The lowest BCUT2D eigenvalue weighted by Crippen LogP contribution is -2.67. The molecule has 1 fully saturated rings. The maximum absolute atomic E-state index is 14.1. The van der Waals surface area contributed by atoms with Gasteiger partial charge in [0.05, 0.1) is 57.1 Å². The summed E-state index contributed by atoms with van der Waals surface area (Å²) in [6.07, 6.45) is 0.956. The monoisotopic (exact) mass is 534 g/mol. The number of carbonyl (C=O) groups excluding carboxylic acids is 1. The van der Waals surface area contributed by atoms with Crippen LogP contribution in [0.25, 0.3) is 0 Å². The average Bonchev–Trinajstić information content (AvgIpc) is 2.86. The lowest BCUT2D eigenvalue weighted by Gasteiger charge is -2.57. The van der Waals surface area contributed by atoms with Crippen LogP contribution in [0.5, 0.6) is 17.2 Å². The maximum Gasteiger partial charge on any atom is 0.241 e. The fraction of sp³-hybridized carbons (Fsp3) is 0.519. The first kappa shape index (κ1) is 25.5. The first-order chi connectivity index (χ1) is 17.1. The summed E-state index contributed by atoms with van der Waals surface area (Å²) in [7, 11) is 6.82. The number of piperazine rings is 1. The normalized spacial score (nSPS) is 24.7. The van der Waals surface area contributed by atoms with Crippen LogP contribution < -0.4 is 14.2 Å². The van der Waals surface area contributed by atoms with Crippen molar-refractivity contribution in [2.45, 2.75) is 57.8 Å². The Labute approximate surface area is 221 Å². The van der Waals surface area contributed by atoms with Crippen molar-refractivity contribution >= 4 is 29.1 Å². The zero-order chi connectivity index (χ0) is 26.2. The molecule has 2 aromatic rings. The molecule has 0 radical (unpaired) electrons. The van der Waals surface area contributed by atoms with Gasteiger partial charge in [-0.15, -0.1) is 0 Å². The second-order valence-corrected chi connectivity index (χ2v) is 10.7. The van der Waals surface area contributed by atoms with Crippen LogP contribution in [0.1, 0.15) is 51.0 Å². The number of ether oxygens (including phenoxy) is 3. The predicted molar refractivity (Wildman–Crippen MR) is 139 cm³/mol. The van der Waals surface area contributed by atoms with Gasteiger partial charge in [0.15, 0.2) is 0 Å². The molecule has 194 valence electrons. The summed E-state index contributed by atoms with van der Waals surface area (Å²) in [4.78, 5) is 18.1. The molecule has 4 atom stereocenters. The first-order valence-electron chi connectivity index (χ1n) is 12.1. The van der Waals surface area contributed by atoms with Crippen molar-refractivity contribution in [3.05, 3.63) is 49.0 Å². The van der Waals surface area contributed by atoms with E-state index in [-0.39, 0.29) is 24.6 Å². The number of rotatable bonds is 4. The Morgan fingerprint density at radius 3 is 2.08 bits per heavy atom. The van der Waals surface area contributed by atoms with Gasteiger partial charge < -0.3 is 24.2 Å². The van der Waals surface area contributed by atoms with Gasteiger partial charge in [-0.1, -0.05) is 23.2 Å². The van der Waals surface area contributed by atoms with Crippen LogP contribution in [0.15, 0.2) is 0 Å². The number of hydrogen-bond donors (Lipinski definition) is 1. The number of halogens is 2. The van der Waals surface area contributed by atoms with Gasteiger partial charge in [-0.25, -0.2) is 0 Å². The van der Waals surface area contributed by atoms with E-state index in [1.165, 1.54) is 0 Å². The molecule has 1 N–H and O–H groups in total. The van der Waals surface area contributed by atoms with Crippen molar-refractivity contribution in [3.63, 3.8) is 0 Å². The highest BCUT2D eigenvalue weighted by molar-refractivity contribution is 6.33. The van der Waals surface area contributed by atoms with Crippen molar-refractivity contribution in [2.75, 3.05) is 35.0 Å². The summed E-state index contributed by atoms with van der Waals surface area (Å²) in [6.45, 7) is 5.61. The molecule has 0 aliphatic carbocycles. The third-order valence-corrected chi connectivity index (χ3v) is 9.42. The Balaban J connectivity index is 1.80. The number of nitrogens with zero attached hydrogens (tertiary/aromatic N) is 2. The summed E-state index contributed by atoms with van der Waals surface area (Å²) in [5.74, 6) is 1.93. The molecule has 1 saturated heterocycles. The third-order valence-electron chi connectivity index (χ3n) is 8.54. The molecule has 36 heavy (non-hydrogen) atoms. The number of aliphatic hydroxyl groups is 1. The van der Waals surface area contributed by atoms with Gasteiger partial charge in [0.1, 0.15) is 17.2 Å². The lowest BCUT2D eigenvalue weighted by molar-refractivity contribution is -0.158. The summed E-state index contributed by atoms with van der Waals surface area (Å²) in [5, 5.41) is 11.9. The highest BCUT2D eigenvalue weighted by atomic mass is 35.5. The number of likely N-dealkylation sites (N-methyl/N-ethyl adjacent to an activating group) is 1. The molecule has 0 aromatic heterocycles. The van der Waals surface area contributed by atoms with Gasteiger partial charge in [0, 0.05) is 33.7 Å². The molecule has 0 spiro atoms. The van der Waals surface area contributed by atoms with Crippen molar-refractivity contribution in [1.82, 2.24) is 9.80 Å². The highest BCUT2D eigenvalue weighted by Gasteiger charge is 2.55. The zero-order valence-electron chi connectivity index (χ0n) is 21.7. The highest BCUT2D eigenvalue weighted by Crippen LogP contribution is 2.56. The van der Waals surface area contributed by atoms with Gasteiger partial charge in [-0.3, -0.25) is 9.69 Å². The molecular weight excluding hydrogens is 503 g/mol. The largest absolute Gasteiger partial charge is 0.496 e. The second-order valence-electron chi connectivity index (χ2n) is 9.93. The van der Waals surface area contributed by atoms with Crippen LogP contribution >= 0.6 is 23.2 Å². The van der Waals surface area contributed by atoms with Crippen molar-refractivity contribution in [2.24, 2.45) is 0 Å². The molecule has 3 heterocycles. The van der Waals surface area contributed by atoms with E-state index in [1.54, 1.807) is 21.3 Å². The average molecular weight is 535 g/mol. The Hall–Kier alpha value is -2.19. The zero-order valence-corrected chi connectivity index (χ0v) is 23.2. The minimum absolute atomic E-state index is 0.0304. The lowest BCUT2D eigenvalue weighted by atomic mass is 9.73. The van der Waals surface area contributed by atoms with Crippen molar-refractivity contribution < 1.29 is 24.1 Å². The molecule has 3 aliphatic heterocycles. The van der Waals surface area contributed by atoms with Crippen LogP contribution in [0.4, 0.5) is 0 Å². The molecule has 2 aromatic carbocycles. The molecule has 0 saturated carbocycles. The maximum atomic E-state index is 14.1. The number of hydrogen-bond acceptors (Lipinski definition) is 6. The van der Waals surface area contributed by atoms with E-state index in [0.717, 1.165) is 38.9 Å². The number of benzene rings is 2. The quantitative estimate of drug-likeness (QED) is 0.628. The Morgan fingerprint density at radius 2 is 1.50 bits per heavy atom. The van der Waals surface area contributed by atoms with Crippen LogP contribution in [-0.4, -0.2) is 67.9 Å². The summed E-state index contributed by atoms with van der Waals surface area (Å²) in [5.41, 5.74) is 6.22. The van der Waals surface area contributed by atoms with Crippen LogP contribution in [0.2, 0.25) is 10.0 Å². The molecule has 1 amide bonds. The Kier molecular flexibility index (Phi) is 6.35. The van der Waals surface area contributed by atoms with Gasteiger partial charge in [-0.2, -0.15) is 0 Å². The van der Waals surface area contributed by atoms with Gasteiger partial charge in [-0.05, 0) is 50.9 Å². The van der Waals surface area contributed by atoms with Crippen molar-refractivity contribution in [3.8, 4) is 17.2 Å². The molecule has 5 rings (SSSR count). The fourth-order valence-electron chi connectivity index (χ4n) is 6.80. The smallest absolute Gasteiger partial charge is 0.241 e. The standard InChI is InChI=1S/C27H32Cl2N2O5/c1-11-12(2)25(35-6)19-14(21(11)28)8-16-23-20-15(24(34-5)13(3)26(36-7)22(20)29)9-17(30(23)4)27(33)31(16)18(19)10-32/h16-18,23,32H,8-10H2,1-7H3/t16-,17+,18-,23-/m0/s1. The molecule has 0 unspecified atom stereocenters. The van der Waals surface area contributed by atoms with Crippen LogP contribution in [-0.2, 0) is 17.6 Å². The van der Waals surface area contributed by atoms with E-state index in [2.05, 4.69) is 4.90 Å². The van der Waals surface area contributed by atoms with E-state index < -0.39 is 12.1 Å².